The second-order valence-corrected chi connectivity index (χ2v) is 8.94. The van der Waals surface area contributed by atoms with Crippen molar-refractivity contribution >= 4 is 18.0 Å². The van der Waals surface area contributed by atoms with Crippen LogP contribution in [-0.2, 0) is 14.3 Å². The van der Waals surface area contributed by atoms with Crippen molar-refractivity contribution in [3.63, 3.8) is 0 Å². The van der Waals surface area contributed by atoms with Gasteiger partial charge in [0.1, 0.15) is 6.61 Å². The highest BCUT2D eigenvalue weighted by Crippen LogP contribution is 2.44. The van der Waals surface area contributed by atoms with E-state index in [0.717, 1.165) is 11.1 Å². The first-order valence-electron chi connectivity index (χ1n) is 11.8. The Balaban J connectivity index is 1.23. The quantitative estimate of drug-likeness (QED) is 0.622. The summed E-state index contributed by atoms with van der Waals surface area (Å²) in [5.41, 5.74) is 4.66. The van der Waals surface area contributed by atoms with Gasteiger partial charge in [0.15, 0.2) is 0 Å². The van der Waals surface area contributed by atoms with Gasteiger partial charge in [-0.2, -0.15) is 0 Å². The molecule has 8 nitrogen and oxygen atoms in total. The van der Waals surface area contributed by atoms with Crippen molar-refractivity contribution in [1.82, 2.24) is 15.1 Å². The molecule has 0 saturated carbocycles. The van der Waals surface area contributed by atoms with Gasteiger partial charge in [-0.15, -0.1) is 0 Å². The van der Waals surface area contributed by atoms with Crippen molar-refractivity contribution < 1.29 is 24.2 Å². The summed E-state index contributed by atoms with van der Waals surface area (Å²) in [7, 11) is 0. The maximum atomic E-state index is 12.6. The number of ether oxygens (including phenoxy) is 1. The number of aliphatic carboxylic acids is 1. The number of nitrogens with one attached hydrogen (secondary N) is 1. The van der Waals surface area contributed by atoms with Crippen molar-refractivity contribution in [1.29, 1.82) is 0 Å². The fourth-order valence-electron chi connectivity index (χ4n) is 4.76. The van der Waals surface area contributed by atoms with Crippen molar-refractivity contribution in [2.45, 2.75) is 31.7 Å². The number of carbonyl (C=O) groups excluding carboxylic acids is 2. The third-order valence-corrected chi connectivity index (χ3v) is 6.56. The Labute approximate surface area is 199 Å². The van der Waals surface area contributed by atoms with Gasteiger partial charge < -0.3 is 20.1 Å². The number of hydrogen-bond acceptors (Lipinski definition) is 5. The van der Waals surface area contributed by atoms with Crippen LogP contribution in [-0.4, -0.2) is 78.2 Å². The van der Waals surface area contributed by atoms with Crippen LogP contribution in [0.4, 0.5) is 4.79 Å². The summed E-state index contributed by atoms with van der Waals surface area (Å²) in [6, 6.07) is 16.0. The molecule has 0 unspecified atom stereocenters. The molecule has 1 saturated heterocycles. The first-order valence-corrected chi connectivity index (χ1v) is 11.8. The maximum Gasteiger partial charge on any atom is 0.407 e. The summed E-state index contributed by atoms with van der Waals surface area (Å²) in [4.78, 5) is 39.6. The Morgan fingerprint density at radius 1 is 1.00 bits per heavy atom. The number of rotatable bonds is 8. The van der Waals surface area contributed by atoms with Gasteiger partial charge in [0.25, 0.3) is 0 Å². The largest absolute Gasteiger partial charge is 0.481 e. The number of nitrogens with zero attached hydrogens (tertiary/aromatic N) is 2. The Morgan fingerprint density at radius 2 is 1.59 bits per heavy atom. The molecular weight excluding hydrogens is 434 g/mol. The molecule has 2 aliphatic rings. The summed E-state index contributed by atoms with van der Waals surface area (Å²) >= 11 is 0. The van der Waals surface area contributed by atoms with Crippen LogP contribution in [0.15, 0.2) is 48.5 Å². The lowest BCUT2D eigenvalue weighted by atomic mass is 9.98. The number of benzene rings is 2. The third kappa shape index (κ3) is 5.56. The predicted molar refractivity (Wildman–Crippen MR) is 128 cm³/mol. The number of carbonyl (C=O) groups is 3. The molecule has 1 aliphatic heterocycles. The molecule has 1 aliphatic carbocycles. The standard InChI is InChI=1S/C26H31N3O5/c1-18(16-24(30)29-14-12-28(13-15-29)11-10-25(31)32)27-26(33)34-17-23-21-8-4-2-6-19(21)20-7-3-5-9-22(20)23/h2-9,18,23H,10-17H2,1H3,(H,27,33)(H,31,32)/t18-/m1/s1. The minimum Gasteiger partial charge on any atom is -0.481 e. The lowest BCUT2D eigenvalue weighted by Gasteiger charge is -2.35. The zero-order valence-electron chi connectivity index (χ0n) is 19.4. The van der Waals surface area contributed by atoms with Crippen LogP contribution in [0.25, 0.3) is 11.1 Å². The van der Waals surface area contributed by atoms with E-state index in [2.05, 4.69) is 34.5 Å². The van der Waals surface area contributed by atoms with E-state index in [9.17, 15) is 14.4 Å². The number of amides is 2. The van der Waals surface area contributed by atoms with Crippen LogP contribution >= 0.6 is 0 Å². The van der Waals surface area contributed by atoms with Crippen LogP contribution in [0, 0.1) is 0 Å². The SMILES string of the molecule is C[C@H](CC(=O)N1CCN(CCC(=O)O)CC1)NC(=O)OCC1c2ccccc2-c2ccccc21. The Kier molecular flexibility index (Phi) is 7.47. The van der Waals surface area contributed by atoms with Crippen molar-refractivity contribution in [3.8, 4) is 11.1 Å². The van der Waals surface area contributed by atoms with Crippen LogP contribution in [0.3, 0.4) is 0 Å². The fourth-order valence-corrected chi connectivity index (χ4v) is 4.76. The van der Waals surface area contributed by atoms with E-state index in [4.69, 9.17) is 9.84 Å². The number of carboxylic acids is 1. The molecule has 0 bridgehead atoms. The number of hydrogen-bond donors (Lipinski definition) is 2. The maximum absolute atomic E-state index is 12.6. The van der Waals surface area contributed by atoms with E-state index >= 15 is 0 Å². The summed E-state index contributed by atoms with van der Waals surface area (Å²) in [5.74, 6) is -0.844. The molecule has 4 rings (SSSR count). The highest BCUT2D eigenvalue weighted by Gasteiger charge is 2.29. The molecule has 0 aromatic heterocycles. The molecule has 0 spiro atoms. The topological polar surface area (TPSA) is 99.2 Å². The van der Waals surface area contributed by atoms with Gasteiger partial charge in [0, 0.05) is 51.1 Å². The smallest absolute Gasteiger partial charge is 0.407 e. The minimum absolute atomic E-state index is 0.00693. The Morgan fingerprint density at radius 3 is 2.18 bits per heavy atom. The van der Waals surface area contributed by atoms with E-state index in [0.29, 0.717) is 32.7 Å². The molecule has 8 heteroatoms. The lowest BCUT2D eigenvalue weighted by molar-refractivity contribution is -0.138. The van der Waals surface area contributed by atoms with Crippen LogP contribution in [0.5, 0.6) is 0 Å². The third-order valence-electron chi connectivity index (χ3n) is 6.56. The normalized spacial score (nSPS) is 16.4. The van der Waals surface area contributed by atoms with Crippen LogP contribution in [0.2, 0.25) is 0 Å². The Hall–Kier alpha value is -3.39. The molecule has 1 atom stereocenters. The minimum atomic E-state index is -0.813. The van der Waals surface area contributed by atoms with E-state index < -0.39 is 12.1 Å². The number of fused-ring (bicyclic) bond motifs is 3. The monoisotopic (exact) mass is 465 g/mol. The van der Waals surface area contributed by atoms with Crippen LogP contribution in [0.1, 0.15) is 36.8 Å². The molecule has 1 fully saturated rings. The summed E-state index contributed by atoms with van der Waals surface area (Å²) in [5, 5.41) is 11.6. The second kappa shape index (κ2) is 10.7. The van der Waals surface area contributed by atoms with Crippen molar-refractivity contribution in [2.75, 3.05) is 39.3 Å². The van der Waals surface area contributed by atoms with Crippen molar-refractivity contribution in [2.24, 2.45) is 0 Å². The summed E-state index contributed by atoms with van der Waals surface area (Å²) in [6.07, 6.45) is -0.227. The van der Waals surface area contributed by atoms with Gasteiger partial charge in [-0.3, -0.25) is 14.5 Å². The molecule has 2 amide bonds. The zero-order valence-corrected chi connectivity index (χ0v) is 19.4. The van der Waals surface area contributed by atoms with Gasteiger partial charge in [-0.1, -0.05) is 48.5 Å². The average Bonchev–Trinajstić information content (AvgIpc) is 3.15. The highest BCUT2D eigenvalue weighted by atomic mass is 16.5. The molecule has 0 radical (unpaired) electrons. The van der Waals surface area contributed by atoms with Gasteiger partial charge in [-0.25, -0.2) is 4.79 Å². The zero-order chi connectivity index (χ0) is 24.1. The highest BCUT2D eigenvalue weighted by molar-refractivity contribution is 5.79. The van der Waals surface area contributed by atoms with Gasteiger partial charge in [-0.05, 0) is 29.2 Å². The average molecular weight is 466 g/mol. The van der Waals surface area contributed by atoms with E-state index in [-0.39, 0.29) is 37.3 Å². The molecule has 2 N–H and O–H groups in total. The van der Waals surface area contributed by atoms with E-state index in [1.165, 1.54) is 11.1 Å². The fraction of sp³-hybridized carbons (Fsp3) is 0.423. The molecule has 180 valence electrons. The van der Waals surface area contributed by atoms with Gasteiger partial charge >= 0.3 is 12.1 Å². The number of carboxylic acid groups (broad SMARTS) is 1. The van der Waals surface area contributed by atoms with Gasteiger partial charge in [0.2, 0.25) is 5.91 Å². The number of piperazine rings is 1. The molecule has 1 heterocycles. The van der Waals surface area contributed by atoms with E-state index in [1.54, 1.807) is 11.8 Å². The lowest BCUT2D eigenvalue weighted by Crippen LogP contribution is -2.50. The molecule has 34 heavy (non-hydrogen) atoms. The van der Waals surface area contributed by atoms with Gasteiger partial charge in [0.05, 0.1) is 6.42 Å². The first kappa shape index (κ1) is 23.8. The molecule has 2 aromatic rings. The molecule has 2 aromatic carbocycles. The second-order valence-electron chi connectivity index (χ2n) is 8.94. The first-order chi connectivity index (χ1) is 16.4. The predicted octanol–water partition coefficient (Wildman–Crippen LogP) is 2.92. The number of alkyl carbamates (subject to hydrolysis) is 1. The van der Waals surface area contributed by atoms with Crippen molar-refractivity contribution in [3.05, 3.63) is 59.7 Å². The Bertz CT molecular complexity index is 1000. The molecular formula is C26H31N3O5. The van der Waals surface area contributed by atoms with Crippen LogP contribution < -0.4 is 5.32 Å². The van der Waals surface area contributed by atoms with E-state index in [1.807, 2.05) is 24.3 Å². The summed E-state index contributed by atoms with van der Waals surface area (Å²) < 4.78 is 5.57. The summed E-state index contributed by atoms with van der Waals surface area (Å²) in [6.45, 7) is 4.98.